The molecule has 0 bridgehead atoms. The number of nitrogens with zero attached hydrogens (tertiary/aromatic N) is 2. The Kier molecular flexibility index (Phi) is 6.97. The molecule has 0 saturated heterocycles. The number of halogens is 1. The second kappa shape index (κ2) is 9.20. The van der Waals surface area contributed by atoms with Crippen molar-refractivity contribution < 1.29 is 9.18 Å². The van der Waals surface area contributed by atoms with Crippen LogP contribution >= 0.6 is 0 Å². The van der Waals surface area contributed by atoms with Crippen LogP contribution in [0.25, 0.3) is 0 Å². The van der Waals surface area contributed by atoms with Gasteiger partial charge in [-0.15, -0.1) is 0 Å². The summed E-state index contributed by atoms with van der Waals surface area (Å²) >= 11 is 0. The summed E-state index contributed by atoms with van der Waals surface area (Å²) in [4.78, 5) is 16.2. The lowest BCUT2D eigenvalue weighted by Gasteiger charge is -2.26. The number of benzene rings is 2. The van der Waals surface area contributed by atoms with Gasteiger partial charge in [-0.25, -0.2) is 9.18 Å². The Bertz CT molecular complexity index is 699. The van der Waals surface area contributed by atoms with Gasteiger partial charge >= 0.3 is 6.03 Å². The molecule has 0 aliphatic carbocycles. The number of hydrogen-bond donors (Lipinski definition) is 2. The molecule has 0 saturated carbocycles. The van der Waals surface area contributed by atoms with Crippen LogP contribution in [0.4, 0.5) is 14.9 Å². The Morgan fingerprint density at radius 1 is 0.962 bits per heavy atom. The van der Waals surface area contributed by atoms with Crippen LogP contribution in [0.2, 0.25) is 0 Å². The SMILES string of the molecule is CN(C)c1ccc([C@@H](CNC(=O)NCc2ccc(F)cc2)N(C)C)cc1. The van der Waals surface area contributed by atoms with Crippen molar-refractivity contribution in [3.63, 3.8) is 0 Å². The van der Waals surface area contributed by atoms with Gasteiger partial charge in [0.05, 0.1) is 6.04 Å². The number of likely N-dealkylation sites (N-methyl/N-ethyl adjacent to an activating group) is 1. The summed E-state index contributed by atoms with van der Waals surface area (Å²) in [5.74, 6) is -0.285. The summed E-state index contributed by atoms with van der Waals surface area (Å²) in [7, 11) is 7.99. The molecular formula is C20H27FN4O. The largest absolute Gasteiger partial charge is 0.378 e. The fourth-order valence-corrected chi connectivity index (χ4v) is 2.63. The molecule has 5 nitrogen and oxygen atoms in total. The van der Waals surface area contributed by atoms with E-state index in [1.54, 1.807) is 12.1 Å². The molecule has 2 amide bonds. The minimum Gasteiger partial charge on any atom is -0.378 e. The zero-order valence-electron chi connectivity index (χ0n) is 15.8. The Morgan fingerprint density at radius 3 is 2.12 bits per heavy atom. The number of rotatable bonds is 7. The van der Waals surface area contributed by atoms with Crippen LogP contribution in [-0.2, 0) is 6.54 Å². The number of nitrogens with one attached hydrogen (secondary N) is 2. The van der Waals surface area contributed by atoms with Gasteiger partial charge in [-0.2, -0.15) is 0 Å². The summed E-state index contributed by atoms with van der Waals surface area (Å²) in [6.07, 6.45) is 0. The quantitative estimate of drug-likeness (QED) is 0.800. The minimum absolute atomic E-state index is 0.0720. The van der Waals surface area contributed by atoms with Crippen molar-refractivity contribution >= 4 is 11.7 Å². The molecule has 6 heteroatoms. The zero-order chi connectivity index (χ0) is 19.1. The molecule has 0 aliphatic rings. The highest BCUT2D eigenvalue weighted by atomic mass is 19.1. The first-order valence-corrected chi connectivity index (χ1v) is 8.56. The molecule has 0 spiro atoms. The first-order chi connectivity index (χ1) is 12.4. The molecule has 2 aromatic carbocycles. The first-order valence-electron chi connectivity index (χ1n) is 8.56. The average Bonchev–Trinajstić information content (AvgIpc) is 2.61. The molecule has 2 N–H and O–H groups in total. The first kappa shape index (κ1) is 19.7. The smallest absolute Gasteiger partial charge is 0.315 e. The van der Waals surface area contributed by atoms with Crippen LogP contribution in [0.1, 0.15) is 17.2 Å². The van der Waals surface area contributed by atoms with Gasteiger partial charge in [0, 0.05) is 32.9 Å². The Hall–Kier alpha value is -2.60. The maximum absolute atomic E-state index is 12.9. The maximum Gasteiger partial charge on any atom is 0.315 e. The van der Waals surface area contributed by atoms with Crippen LogP contribution < -0.4 is 15.5 Å². The molecule has 0 heterocycles. The van der Waals surface area contributed by atoms with Crippen molar-refractivity contribution in [2.45, 2.75) is 12.6 Å². The molecule has 2 rings (SSSR count). The highest BCUT2D eigenvalue weighted by Crippen LogP contribution is 2.20. The topological polar surface area (TPSA) is 47.6 Å². The fourth-order valence-electron chi connectivity index (χ4n) is 2.63. The molecular weight excluding hydrogens is 331 g/mol. The summed E-state index contributed by atoms with van der Waals surface area (Å²) in [6, 6.07) is 14.2. The van der Waals surface area contributed by atoms with E-state index in [-0.39, 0.29) is 17.9 Å². The molecule has 2 aromatic rings. The lowest BCUT2D eigenvalue weighted by molar-refractivity contribution is 0.232. The summed E-state index contributed by atoms with van der Waals surface area (Å²) in [5, 5.41) is 5.70. The third-order valence-electron chi connectivity index (χ3n) is 4.24. The van der Waals surface area contributed by atoms with Crippen molar-refractivity contribution in [2.24, 2.45) is 0 Å². The Morgan fingerprint density at radius 2 is 1.58 bits per heavy atom. The second-order valence-corrected chi connectivity index (χ2v) is 6.66. The number of urea groups is 1. The van der Waals surface area contributed by atoms with Crippen molar-refractivity contribution in [3.8, 4) is 0 Å². The lowest BCUT2D eigenvalue weighted by Crippen LogP contribution is -2.40. The van der Waals surface area contributed by atoms with Crippen LogP contribution in [0.5, 0.6) is 0 Å². The highest BCUT2D eigenvalue weighted by Gasteiger charge is 2.15. The molecule has 0 aliphatic heterocycles. The predicted octanol–water partition coefficient (Wildman–Crippen LogP) is 2.99. The van der Waals surface area contributed by atoms with Crippen molar-refractivity contribution in [1.82, 2.24) is 15.5 Å². The van der Waals surface area contributed by atoms with E-state index in [1.807, 2.05) is 28.2 Å². The monoisotopic (exact) mass is 358 g/mol. The van der Waals surface area contributed by atoms with Crippen LogP contribution in [-0.4, -0.2) is 45.7 Å². The van der Waals surface area contributed by atoms with Crippen LogP contribution in [0, 0.1) is 5.82 Å². The van der Waals surface area contributed by atoms with Gasteiger partial charge < -0.3 is 20.4 Å². The minimum atomic E-state index is -0.285. The van der Waals surface area contributed by atoms with Gasteiger partial charge in [0.15, 0.2) is 0 Å². The van der Waals surface area contributed by atoms with Crippen LogP contribution in [0.3, 0.4) is 0 Å². The molecule has 26 heavy (non-hydrogen) atoms. The number of hydrogen-bond acceptors (Lipinski definition) is 3. The molecule has 140 valence electrons. The van der Waals surface area contributed by atoms with E-state index >= 15 is 0 Å². The standard InChI is InChI=1S/C20H27FN4O/c1-24(2)18-11-7-16(8-12-18)19(25(3)4)14-23-20(26)22-13-15-5-9-17(21)10-6-15/h5-12,19H,13-14H2,1-4H3,(H2,22,23,26)/t19-/m1/s1. The van der Waals surface area contributed by atoms with E-state index in [1.165, 1.54) is 12.1 Å². The van der Waals surface area contributed by atoms with E-state index in [0.29, 0.717) is 13.1 Å². The number of carbonyl (C=O) groups is 1. The Balaban J connectivity index is 1.89. The number of amides is 2. The molecule has 1 atom stereocenters. The molecule has 0 radical (unpaired) electrons. The average molecular weight is 358 g/mol. The third-order valence-corrected chi connectivity index (χ3v) is 4.24. The number of carbonyl (C=O) groups excluding carboxylic acids is 1. The van der Waals surface area contributed by atoms with Gasteiger partial charge in [0.1, 0.15) is 5.82 Å². The van der Waals surface area contributed by atoms with Crippen molar-refractivity contribution in [2.75, 3.05) is 39.6 Å². The number of anilines is 1. The van der Waals surface area contributed by atoms with Gasteiger partial charge in [-0.3, -0.25) is 0 Å². The van der Waals surface area contributed by atoms with E-state index in [4.69, 9.17) is 0 Å². The van der Waals surface area contributed by atoms with Gasteiger partial charge in [0.2, 0.25) is 0 Å². The second-order valence-electron chi connectivity index (χ2n) is 6.66. The highest BCUT2D eigenvalue weighted by molar-refractivity contribution is 5.73. The molecule has 0 fully saturated rings. The molecule has 0 aromatic heterocycles. The van der Waals surface area contributed by atoms with Gasteiger partial charge in [-0.1, -0.05) is 24.3 Å². The van der Waals surface area contributed by atoms with E-state index in [0.717, 1.165) is 16.8 Å². The van der Waals surface area contributed by atoms with E-state index in [9.17, 15) is 9.18 Å². The summed E-state index contributed by atoms with van der Waals surface area (Å²) < 4.78 is 12.9. The summed E-state index contributed by atoms with van der Waals surface area (Å²) in [5.41, 5.74) is 3.13. The van der Waals surface area contributed by atoms with Gasteiger partial charge in [-0.05, 0) is 49.5 Å². The van der Waals surface area contributed by atoms with E-state index < -0.39 is 0 Å². The van der Waals surface area contributed by atoms with Gasteiger partial charge in [0.25, 0.3) is 0 Å². The third kappa shape index (κ3) is 5.74. The van der Waals surface area contributed by atoms with Crippen molar-refractivity contribution in [1.29, 1.82) is 0 Å². The Labute approximate surface area is 154 Å². The fraction of sp³-hybridized carbons (Fsp3) is 0.350. The van der Waals surface area contributed by atoms with E-state index in [2.05, 4.69) is 44.7 Å². The summed E-state index contributed by atoms with van der Waals surface area (Å²) in [6.45, 7) is 0.847. The van der Waals surface area contributed by atoms with Crippen molar-refractivity contribution in [3.05, 3.63) is 65.5 Å². The zero-order valence-corrected chi connectivity index (χ0v) is 15.8. The predicted molar refractivity (Wildman–Crippen MR) is 104 cm³/mol. The molecule has 0 unspecified atom stereocenters. The van der Waals surface area contributed by atoms with Crippen LogP contribution in [0.15, 0.2) is 48.5 Å². The maximum atomic E-state index is 12.9. The normalized spacial score (nSPS) is 11.9. The lowest BCUT2D eigenvalue weighted by atomic mass is 10.1.